The highest BCUT2D eigenvalue weighted by Gasteiger charge is 2.57. The number of carbonyl (C=O) groups is 2. The summed E-state index contributed by atoms with van der Waals surface area (Å²) < 4.78 is 41.2. The molecule has 1 unspecified atom stereocenters. The number of ketones is 1. The number of fused-ring (bicyclic) bond motifs is 1. The number of hydroxylamine groups is 2. The molecule has 0 bridgehead atoms. The van der Waals surface area contributed by atoms with Gasteiger partial charge in [0.15, 0.2) is 29.2 Å². The van der Waals surface area contributed by atoms with Crippen LogP contribution in [-0.2, 0) is 42.1 Å². The Balaban J connectivity index is 1.34. The molecule has 0 aliphatic carbocycles. The first kappa shape index (κ1) is 32.1. The minimum absolute atomic E-state index is 0.000762. The number of thiazole rings is 1. The van der Waals surface area contributed by atoms with Crippen LogP contribution in [0.5, 0.6) is 5.75 Å². The highest BCUT2D eigenvalue weighted by atomic mass is 32.3. The van der Waals surface area contributed by atoms with Gasteiger partial charge in [0, 0.05) is 31.4 Å². The molecule has 1 amide bonds. The summed E-state index contributed by atoms with van der Waals surface area (Å²) in [5.74, 6) is -1.19. The van der Waals surface area contributed by atoms with Gasteiger partial charge in [-0.1, -0.05) is 11.2 Å². The zero-order valence-electron chi connectivity index (χ0n) is 23.6. The molecular formula is C25H34N8O8S2. The molecule has 2 aliphatic heterocycles. The average Bonchev–Trinajstić information content (AvgIpc) is 3.39. The van der Waals surface area contributed by atoms with Gasteiger partial charge in [-0.15, -0.1) is 15.6 Å². The average molecular weight is 639 g/mol. The van der Waals surface area contributed by atoms with Crippen LogP contribution < -0.4 is 21.9 Å². The minimum atomic E-state index is -4.92. The fourth-order valence-corrected chi connectivity index (χ4v) is 5.69. The van der Waals surface area contributed by atoms with E-state index in [0.717, 1.165) is 35.4 Å². The molecule has 0 saturated carbocycles. The zero-order valence-corrected chi connectivity index (χ0v) is 25.3. The van der Waals surface area contributed by atoms with Gasteiger partial charge in [0.2, 0.25) is 0 Å². The fraction of sp³-hybridized carbons (Fsp3) is 0.480. The number of guanidine groups is 1. The molecule has 2 aliphatic rings. The second-order valence-electron chi connectivity index (χ2n) is 10.3. The standard InChI is InChI=1S/C25H34N8O8S2/c1-25(2)18(22(35)33(25)41-43(36,37)38)12-20(34)21(19-14-42-24(28)30-19)31-40-10-9-39-17-4-3-16-13-32(8-5-15(16)11-17)23(27)29-7-6-26/h3-4,11,14,18H,5-10,12-13,26H2,1-2H3,(H2,27,29)(H2,28,30)(H,36,37,38)/b31-21-. The number of nitrogens with zero attached hydrogens (tertiary/aromatic N) is 5. The van der Waals surface area contributed by atoms with Crippen molar-refractivity contribution in [3.63, 3.8) is 0 Å². The molecule has 234 valence electrons. The molecule has 4 rings (SSSR count). The van der Waals surface area contributed by atoms with Gasteiger partial charge in [-0.2, -0.15) is 13.5 Å². The number of β-lactam (4-membered cyclic amide) rings is 1. The van der Waals surface area contributed by atoms with Crippen LogP contribution in [0.1, 0.15) is 37.1 Å². The van der Waals surface area contributed by atoms with Crippen LogP contribution in [0.3, 0.4) is 0 Å². The number of benzene rings is 1. The lowest BCUT2D eigenvalue weighted by Crippen LogP contribution is -2.68. The molecule has 1 saturated heterocycles. The van der Waals surface area contributed by atoms with Crippen molar-refractivity contribution in [2.24, 2.45) is 27.5 Å². The number of nitrogens with two attached hydrogens (primary N) is 3. The summed E-state index contributed by atoms with van der Waals surface area (Å²) >= 11 is 1.10. The van der Waals surface area contributed by atoms with Crippen LogP contribution in [-0.4, -0.2) is 89.7 Å². The van der Waals surface area contributed by atoms with E-state index < -0.39 is 33.5 Å². The molecule has 3 heterocycles. The summed E-state index contributed by atoms with van der Waals surface area (Å²) in [5.41, 5.74) is 18.4. The Labute approximate surface area is 252 Å². The van der Waals surface area contributed by atoms with Crippen LogP contribution in [0, 0.1) is 5.92 Å². The van der Waals surface area contributed by atoms with Gasteiger partial charge in [0.25, 0.3) is 5.91 Å². The van der Waals surface area contributed by atoms with Gasteiger partial charge >= 0.3 is 10.4 Å². The normalized spacial score (nSPS) is 18.7. The SMILES string of the molecule is CC1(C)C(CC(=O)/C(=N\OCCOc2ccc3c(c2)CCN(C(N)=NCCN)C3)c2csc(N)n2)C(=O)N1OS(=O)(=O)O. The highest BCUT2D eigenvalue weighted by molar-refractivity contribution is 7.80. The quantitative estimate of drug-likeness (QED) is 0.0569. The predicted octanol–water partition coefficient (Wildman–Crippen LogP) is 0.0871. The van der Waals surface area contributed by atoms with Crippen molar-refractivity contribution in [1.82, 2.24) is 14.9 Å². The van der Waals surface area contributed by atoms with E-state index in [0.29, 0.717) is 36.4 Å². The second-order valence-corrected chi connectivity index (χ2v) is 12.2. The first-order chi connectivity index (χ1) is 20.3. The van der Waals surface area contributed by atoms with E-state index in [-0.39, 0.29) is 36.2 Å². The molecule has 16 nitrogen and oxygen atoms in total. The molecular weight excluding hydrogens is 604 g/mol. The van der Waals surface area contributed by atoms with E-state index in [1.165, 1.54) is 19.2 Å². The number of hydrogen-bond donors (Lipinski definition) is 4. The molecule has 1 fully saturated rings. The molecule has 1 aromatic carbocycles. The van der Waals surface area contributed by atoms with E-state index >= 15 is 0 Å². The smallest absolute Gasteiger partial charge is 0.418 e. The Morgan fingerprint density at radius 1 is 1.28 bits per heavy atom. The maximum Gasteiger partial charge on any atom is 0.418 e. The van der Waals surface area contributed by atoms with Crippen molar-refractivity contribution in [2.75, 3.05) is 38.6 Å². The van der Waals surface area contributed by atoms with Gasteiger partial charge in [-0.3, -0.25) is 19.1 Å². The molecule has 43 heavy (non-hydrogen) atoms. The van der Waals surface area contributed by atoms with Gasteiger partial charge in [-0.05, 0) is 43.5 Å². The van der Waals surface area contributed by atoms with E-state index in [2.05, 4.69) is 19.4 Å². The van der Waals surface area contributed by atoms with Crippen LogP contribution in [0.2, 0.25) is 0 Å². The summed E-state index contributed by atoms with van der Waals surface area (Å²) in [6.45, 7) is 5.40. The number of ether oxygens (including phenoxy) is 1. The molecule has 2 aromatic rings. The minimum Gasteiger partial charge on any atom is -0.490 e. The first-order valence-electron chi connectivity index (χ1n) is 13.2. The Hall–Kier alpha value is -3.84. The highest BCUT2D eigenvalue weighted by Crippen LogP contribution is 2.40. The number of rotatable bonds is 13. The summed E-state index contributed by atoms with van der Waals surface area (Å²) in [5, 5.41) is 6.20. The van der Waals surface area contributed by atoms with Crippen LogP contribution in [0.25, 0.3) is 0 Å². The van der Waals surface area contributed by atoms with Crippen molar-refractivity contribution in [3.05, 3.63) is 40.4 Å². The van der Waals surface area contributed by atoms with Gasteiger partial charge in [0.1, 0.15) is 18.1 Å². The van der Waals surface area contributed by atoms with E-state index in [9.17, 15) is 18.0 Å². The third-order valence-corrected chi connectivity index (χ3v) is 7.99. The molecule has 7 N–H and O–H groups in total. The third kappa shape index (κ3) is 7.77. The van der Waals surface area contributed by atoms with E-state index in [1.807, 2.05) is 23.1 Å². The Morgan fingerprint density at radius 2 is 2.05 bits per heavy atom. The summed E-state index contributed by atoms with van der Waals surface area (Å²) in [6.07, 6.45) is 0.429. The topological polar surface area (TPSA) is 238 Å². The number of hydrogen-bond acceptors (Lipinski definition) is 13. The number of amides is 1. The summed E-state index contributed by atoms with van der Waals surface area (Å²) in [6, 6.07) is 5.78. The second kappa shape index (κ2) is 13.2. The number of aliphatic imine (C=N–C) groups is 1. The maximum atomic E-state index is 13.2. The van der Waals surface area contributed by atoms with Crippen LogP contribution in [0.4, 0.5) is 5.13 Å². The number of carbonyl (C=O) groups excluding carboxylic acids is 2. The van der Waals surface area contributed by atoms with Crippen LogP contribution >= 0.6 is 11.3 Å². The third-order valence-electron chi connectivity index (χ3n) is 6.98. The zero-order chi connectivity index (χ0) is 31.4. The Morgan fingerprint density at radius 3 is 2.70 bits per heavy atom. The largest absolute Gasteiger partial charge is 0.490 e. The number of Topliss-reactive ketones (excluding diaryl/α,β-unsaturated/α-hetero) is 1. The van der Waals surface area contributed by atoms with Gasteiger partial charge in [-0.25, -0.2) is 4.98 Å². The van der Waals surface area contributed by atoms with Gasteiger partial charge < -0.3 is 31.7 Å². The van der Waals surface area contributed by atoms with Crippen LogP contribution in [0.15, 0.2) is 33.7 Å². The number of aromatic nitrogens is 1. The van der Waals surface area contributed by atoms with Crippen molar-refractivity contribution in [1.29, 1.82) is 0 Å². The first-order valence-corrected chi connectivity index (χ1v) is 15.5. The lowest BCUT2D eigenvalue weighted by atomic mass is 9.74. The molecule has 0 radical (unpaired) electrons. The summed E-state index contributed by atoms with van der Waals surface area (Å²) in [4.78, 5) is 41.4. The number of oxime groups is 1. The Bertz CT molecular complexity index is 1520. The molecule has 0 spiro atoms. The lowest BCUT2D eigenvalue weighted by molar-refractivity contribution is -0.228. The predicted molar refractivity (Wildman–Crippen MR) is 157 cm³/mol. The monoisotopic (exact) mass is 638 g/mol. The molecule has 18 heteroatoms. The number of anilines is 1. The number of nitrogen functional groups attached to an aromatic ring is 1. The maximum absolute atomic E-state index is 13.2. The van der Waals surface area contributed by atoms with Crippen molar-refractivity contribution in [3.8, 4) is 5.75 Å². The van der Waals surface area contributed by atoms with E-state index in [1.54, 1.807) is 0 Å². The van der Waals surface area contributed by atoms with Crippen molar-refractivity contribution in [2.45, 2.75) is 38.8 Å². The fourth-order valence-electron chi connectivity index (χ4n) is 4.69. The molecule has 1 atom stereocenters. The Kier molecular flexibility index (Phi) is 9.86. The van der Waals surface area contributed by atoms with Crippen molar-refractivity contribution < 1.29 is 36.4 Å². The lowest BCUT2D eigenvalue weighted by Gasteiger charge is -2.50. The summed E-state index contributed by atoms with van der Waals surface area (Å²) in [7, 11) is -4.92. The van der Waals surface area contributed by atoms with Gasteiger partial charge in [0.05, 0.1) is 18.0 Å². The van der Waals surface area contributed by atoms with Crippen molar-refractivity contribution >= 4 is 50.2 Å². The van der Waals surface area contributed by atoms with E-state index in [4.69, 9.17) is 31.3 Å². The molecule has 1 aromatic heterocycles.